The normalized spacial score (nSPS) is 13.3. The fourth-order valence-corrected chi connectivity index (χ4v) is 5.60. The van der Waals surface area contributed by atoms with E-state index < -0.39 is 11.8 Å². The van der Waals surface area contributed by atoms with Gasteiger partial charge in [0.15, 0.2) is 0 Å². The standard InChI is InChI=1S/C36H68N2O2/c1-3-5-7-9-11-13-15-17-19-21-23-25-27-29-31-33(35(37)39)34(36(38)40)32-30-28-26-24-22-20-18-16-14-12-10-8-6-4-2/h17-20,33-34H,3-16,21-32H2,1-2H3,(H2,37,39)(H2,38,40)/b19-17-,20-18-. The minimum atomic E-state index is -0.417. The molecule has 2 amide bonds. The van der Waals surface area contributed by atoms with E-state index in [1.807, 2.05) is 0 Å². The fraction of sp³-hybridized carbons (Fsp3) is 0.833. The van der Waals surface area contributed by atoms with Crippen LogP contribution in [0.25, 0.3) is 0 Å². The molecule has 0 radical (unpaired) electrons. The molecule has 0 fully saturated rings. The number of hydrogen-bond donors (Lipinski definition) is 2. The van der Waals surface area contributed by atoms with Crippen LogP contribution in [0.1, 0.15) is 181 Å². The van der Waals surface area contributed by atoms with E-state index in [2.05, 4.69) is 38.2 Å². The van der Waals surface area contributed by atoms with Crippen molar-refractivity contribution in [1.29, 1.82) is 0 Å². The summed E-state index contributed by atoms with van der Waals surface area (Å²) in [5.74, 6) is -1.56. The number of primary amides is 2. The fourth-order valence-electron chi connectivity index (χ4n) is 5.60. The predicted molar refractivity (Wildman–Crippen MR) is 175 cm³/mol. The molecule has 0 bridgehead atoms. The SMILES string of the molecule is CCCCCCCC/C=C\CCCCCCC(C(N)=O)C(CCCCCC/C=C\CCCCCCCC)C(N)=O. The summed E-state index contributed by atoms with van der Waals surface area (Å²) >= 11 is 0. The molecule has 0 aliphatic heterocycles. The van der Waals surface area contributed by atoms with Crippen LogP contribution in [0, 0.1) is 11.8 Å². The summed E-state index contributed by atoms with van der Waals surface area (Å²) in [6.07, 6.45) is 40.3. The Morgan fingerprint density at radius 1 is 0.425 bits per heavy atom. The van der Waals surface area contributed by atoms with E-state index >= 15 is 0 Å². The topological polar surface area (TPSA) is 86.2 Å². The summed E-state index contributed by atoms with van der Waals surface area (Å²) in [4.78, 5) is 24.3. The molecule has 0 rings (SSSR count). The number of rotatable bonds is 31. The summed E-state index contributed by atoms with van der Waals surface area (Å²) in [6.45, 7) is 4.52. The summed E-state index contributed by atoms with van der Waals surface area (Å²) in [5, 5.41) is 0. The second kappa shape index (κ2) is 30.4. The van der Waals surface area contributed by atoms with E-state index in [-0.39, 0.29) is 11.8 Å². The lowest BCUT2D eigenvalue weighted by Crippen LogP contribution is -2.37. The minimum absolute atomic E-state index is 0.364. The molecule has 4 nitrogen and oxygen atoms in total. The van der Waals surface area contributed by atoms with Gasteiger partial charge in [-0.15, -0.1) is 0 Å². The summed E-state index contributed by atoms with van der Waals surface area (Å²) in [7, 11) is 0. The Balaban J connectivity index is 3.93. The lowest BCUT2D eigenvalue weighted by atomic mass is 9.83. The van der Waals surface area contributed by atoms with E-state index in [1.165, 1.54) is 103 Å². The van der Waals surface area contributed by atoms with Gasteiger partial charge in [0.05, 0.1) is 0 Å². The Hall–Kier alpha value is -1.58. The van der Waals surface area contributed by atoms with Gasteiger partial charge in [-0.3, -0.25) is 9.59 Å². The average Bonchev–Trinajstić information content (AvgIpc) is 2.93. The molecule has 2 unspecified atom stereocenters. The van der Waals surface area contributed by atoms with Crippen molar-refractivity contribution in [1.82, 2.24) is 0 Å². The Labute approximate surface area is 249 Å². The van der Waals surface area contributed by atoms with Crippen LogP contribution in [0.5, 0.6) is 0 Å². The molecule has 2 atom stereocenters. The van der Waals surface area contributed by atoms with Crippen molar-refractivity contribution in [2.24, 2.45) is 23.3 Å². The quantitative estimate of drug-likeness (QED) is 0.0652. The van der Waals surface area contributed by atoms with Crippen LogP contribution >= 0.6 is 0 Å². The number of unbranched alkanes of at least 4 members (excludes halogenated alkanes) is 20. The lowest BCUT2D eigenvalue weighted by molar-refractivity contribution is -0.132. The third kappa shape index (κ3) is 25.4. The van der Waals surface area contributed by atoms with Gasteiger partial charge in [0, 0.05) is 11.8 Å². The highest BCUT2D eigenvalue weighted by molar-refractivity contribution is 5.85. The van der Waals surface area contributed by atoms with Crippen LogP contribution in [-0.4, -0.2) is 11.8 Å². The van der Waals surface area contributed by atoms with Gasteiger partial charge in [0.25, 0.3) is 0 Å². The van der Waals surface area contributed by atoms with Crippen molar-refractivity contribution < 1.29 is 9.59 Å². The third-order valence-electron chi connectivity index (χ3n) is 8.27. The number of nitrogens with two attached hydrogens (primary N) is 2. The maximum atomic E-state index is 12.2. The predicted octanol–water partition coefficient (Wildman–Crippen LogP) is 10.5. The third-order valence-corrected chi connectivity index (χ3v) is 8.27. The second-order valence-corrected chi connectivity index (χ2v) is 12.1. The lowest BCUT2D eigenvalue weighted by Gasteiger charge is -2.22. The number of hydrogen-bond acceptors (Lipinski definition) is 2. The van der Waals surface area contributed by atoms with Gasteiger partial charge in [-0.25, -0.2) is 0 Å². The van der Waals surface area contributed by atoms with Gasteiger partial charge < -0.3 is 11.5 Å². The number of amides is 2. The average molecular weight is 561 g/mol. The van der Waals surface area contributed by atoms with Crippen LogP contribution < -0.4 is 11.5 Å². The molecule has 0 aromatic rings. The molecule has 0 heterocycles. The van der Waals surface area contributed by atoms with Gasteiger partial charge in [0.2, 0.25) is 11.8 Å². The zero-order valence-electron chi connectivity index (χ0n) is 26.8. The maximum Gasteiger partial charge on any atom is 0.221 e. The molecule has 4 heteroatoms. The molecular formula is C36H68N2O2. The second-order valence-electron chi connectivity index (χ2n) is 12.1. The van der Waals surface area contributed by atoms with Crippen molar-refractivity contribution >= 4 is 11.8 Å². The molecule has 0 aromatic carbocycles. The Bertz CT molecular complexity index is 574. The van der Waals surface area contributed by atoms with Crippen molar-refractivity contribution in [3.05, 3.63) is 24.3 Å². The highest BCUT2D eigenvalue weighted by atomic mass is 16.2. The van der Waals surface area contributed by atoms with E-state index in [4.69, 9.17) is 11.5 Å². The molecule has 0 aromatic heterocycles. The maximum absolute atomic E-state index is 12.2. The van der Waals surface area contributed by atoms with E-state index in [0.717, 1.165) is 51.4 Å². The number of allylic oxidation sites excluding steroid dienone is 4. The van der Waals surface area contributed by atoms with E-state index in [9.17, 15) is 9.59 Å². The van der Waals surface area contributed by atoms with E-state index in [1.54, 1.807) is 0 Å². The molecule has 4 N–H and O–H groups in total. The van der Waals surface area contributed by atoms with Crippen LogP contribution in [0.3, 0.4) is 0 Å². The number of carbonyl (C=O) groups excluding carboxylic acids is 2. The molecule has 234 valence electrons. The van der Waals surface area contributed by atoms with Crippen molar-refractivity contribution in [2.45, 2.75) is 181 Å². The Kier molecular flexibility index (Phi) is 29.2. The van der Waals surface area contributed by atoms with Crippen LogP contribution in [0.15, 0.2) is 24.3 Å². The molecule has 40 heavy (non-hydrogen) atoms. The molecule has 0 saturated heterocycles. The minimum Gasteiger partial charge on any atom is -0.369 e. The summed E-state index contributed by atoms with van der Waals surface area (Å²) in [6, 6.07) is 0. The number of carbonyl (C=O) groups is 2. The van der Waals surface area contributed by atoms with Gasteiger partial charge in [-0.2, -0.15) is 0 Å². The smallest absolute Gasteiger partial charge is 0.221 e. The molecule has 0 aliphatic carbocycles. The van der Waals surface area contributed by atoms with Crippen molar-refractivity contribution in [3.8, 4) is 0 Å². The zero-order valence-corrected chi connectivity index (χ0v) is 26.8. The summed E-state index contributed by atoms with van der Waals surface area (Å²) in [5.41, 5.74) is 11.4. The highest BCUT2D eigenvalue weighted by Crippen LogP contribution is 2.25. The molecule has 0 aliphatic rings. The van der Waals surface area contributed by atoms with E-state index in [0.29, 0.717) is 12.8 Å². The molecule has 0 spiro atoms. The van der Waals surface area contributed by atoms with Gasteiger partial charge >= 0.3 is 0 Å². The summed E-state index contributed by atoms with van der Waals surface area (Å²) < 4.78 is 0. The first-order chi connectivity index (χ1) is 19.5. The van der Waals surface area contributed by atoms with Gasteiger partial charge in [0.1, 0.15) is 0 Å². The van der Waals surface area contributed by atoms with Crippen molar-refractivity contribution in [3.63, 3.8) is 0 Å². The van der Waals surface area contributed by atoms with Gasteiger partial charge in [-0.1, -0.05) is 141 Å². The zero-order chi connectivity index (χ0) is 29.5. The largest absolute Gasteiger partial charge is 0.369 e. The van der Waals surface area contributed by atoms with Crippen molar-refractivity contribution in [2.75, 3.05) is 0 Å². The van der Waals surface area contributed by atoms with Gasteiger partial charge in [-0.05, 0) is 64.2 Å². The Morgan fingerprint density at radius 3 is 0.950 bits per heavy atom. The first kappa shape index (κ1) is 38.4. The monoisotopic (exact) mass is 561 g/mol. The molecule has 0 saturated carbocycles. The Morgan fingerprint density at radius 2 is 0.675 bits per heavy atom. The molecular weight excluding hydrogens is 492 g/mol. The van der Waals surface area contributed by atoms with Crippen LogP contribution in [0.4, 0.5) is 0 Å². The highest BCUT2D eigenvalue weighted by Gasteiger charge is 2.29. The van der Waals surface area contributed by atoms with Crippen LogP contribution in [-0.2, 0) is 9.59 Å². The first-order valence-corrected chi connectivity index (χ1v) is 17.4. The first-order valence-electron chi connectivity index (χ1n) is 17.4. The van der Waals surface area contributed by atoms with Crippen LogP contribution in [0.2, 0.25) is 0 Å².